The van der Waals surface area contributed by atoms with Crippen molar-refractivity contribution in [2.24, 2.45) is 0 Å². The Morgan fingerprint density at radius 2 is 2.11 bits per heavy atom. The van der Waals surface area contributed by atoms with E-state index in [1.54, 1.807) is 0 Å². The fourth-order valence-electron chi connectivity index (χ4n) is 0.579. The summed E-state index contributed by atoms with van der Waals surface area (Å²) >= 11 is 11.1. The first-order chi connectivity index (χ1) is 4.31. The van der Waals surface area contributed by atoms with Gasteiger partial charge in [0.15, 0.2) is 0 Å². The molecule has 2 heteroatoms. The summed E-state index contributed by atoms with van der Waals surface area (Å²) in [5.74, 6) is 1.50. The lowest BCUT2D eigenvalue weighted by atomic mass is 10.2. The molecule has 0 heterocycles. The molecule has 2 radical (unpaired) electrons. The molecule has 0 aliphatic heterocycles. The summed E-state index contributed by atoms with van der Waals surface area (Å²) in [5.41, 5.74) is 0. The van der Waals surface area contributed by atoms with Gasteiger partial charge in [-0.15, -0.1) is 23.2 Å². The van der Waals surface area contributed by atoms with Gasteiger partial charge in [0.05, 0.1) is 11.3 Å². The van der Waals surface area contributed by atoms with Crippen LogP contribution in [0, 0.1) is 12.8 Å². The minimum Gasteiger partial charge on any atom is -0.121 e. The van der Waals surface area contributed by atoms with Crippen LogP contribution in [0.15, 0.2) is 0 Å². The summed E-state index contributed by atoms with van der Waals surface area (Å²) in [4.78, 5) is 0. The second kappa shape index (κ2) is 6.70. The van der Waals surface area contributed by atoms with Gasteiger partial charge < -0.3 is 0 Å². The first-order valence-corrected chi connectivity index (χ1v) is 4.05. The number of rotatable bonds is 5. The average molecular weight is 167 g/mol. The van der Waals surface area contributed by atoms with E-state index in [1.165, 1.54) is 5.88 Å². The van der Waals surface area contributed by atoms with Gasteiger partial charge in [0, 0.05) is 0 Å². The first-order valence-electron chi connectivity index (χ1n) is 3.18. The van der Waals surface area contributed by atoms with Crippen LogP contribution >= 0.6 is 23.2 Å². The van der Waals surface area contributed by atoms with Crippen LogP contribution in [0.3, 0.4) is 0 Å². The molecule has 0 saturated carbocycles. The summed E-state index contributed by atoms with van der Waals surface area (Å²) in [5, 5.41) is 0.0400. The highest BCUT2D eigenvalue weighted by molar-refractivity contribution is 6.31. The zero-order valence-corrected chi connectivity index (χ0v) is 6.96. The molecule has 1 unspecified atom stereocenters. The Kier molecular flexibility index (Phi) is 7.13. The maximum atomic E-state index is 5.69. The monoisotopic (exact) mass is 166 g/mol. The smallest absolute Gasteiger partial charge is 0.0677 e. The van der Waals surface area contributed by atoms with Crippen molar-refractivity contribution >= 4 is 23.2 Å². The molecule has 0 aliphatic carbocycles. The van der Waals surface area contributed by atoms with Crippen LogP contribution in [-0.2, 0) is 0 Å². The van der Waals surface area contributed by atoms with E-state index < -0.39 is 0 Å². The van der Waals surface area contributed by atoms with Crippen LogP contribution < -0.4 is 0 Å². The molecule has 0 aromatic heterocycles. The van der Waals surface area contributed by atoms with E-state index in [0.29, 0.717) is 0 Å². The Morgan fingerprint density at radius 1 is 1.44 bits per heavy atom. The summed E-state index contributed by atoms with van der Waals surface area (Å²) in [6.07, 6.45) is 4.24. The Labute approximate surface area is 67.5 Å². The van der Waals surface area contributed by atoms with E-state index in [1.807, 2.05) is 0 Å². The van der Waals surface area contributed by atoms with Crippen molar-refractivity contribution in [1.29, 1.82) is 0 Å². The third-order valence-corrected chi connectivity index (χ3v) is 1.89. The maximum Gasteiger partial charge on any atom is 0.0677 e. The SMILES string of the molecule is [CH2]CCCCC(Cl)[CH]Cl. The highest BCUT2D eigenvalue weighted by Gasteiger charge is 2.00. The molecular formula is C7H12Cl2. The van der Waals surface area contributed by atoms with Gasteiger partial charge in [-0.05, 0) is 6.42 Å². The molecule has 0 amide bonds. The van der Waals surface area contributed by atoms with Crippen molar-refractivity contribution < 1.29 is 0 Å². The van der Waals surface area contributed by atoms with E-state index >= 15 is 0 Å². The third-order valence-electron chi connectivity index (χ3n) is 1.12. The predicted molar refractivity (Wildman–Crippen MR) is 43.6 cm³/mol. The highest BCUT2D eigenvalue weighted by Crippen LogP contribution is 2.12. The predicted octanol–water partition coefficient (Wildman–Crippen LogP) is 3.39. The molecule has 9 heavy (non-hydrogen) atoms. The Balaban J connectivity index is 2.88. The van der Waals surface area contributed by atoms with Crippen molar-refractivity contribution in [3.63, 3.8) is 0 Å². The fourth-order valence-corrected chi connectivity index (χ4v) is 0.859. The molecule has 0 rings (SSSR count). The van der Waals surface area contributed by atoms with Gasteiger partial charge >= 0.3 is 0 Å². The second-order valence-electron chi connectivity index (χ2n) is 1.99. The molecule has 1 atom stereocenters. The Morgan fingerprint density at radius 3 is 2.56 bits per heavy atom. The van der Waals surface area contributed by atoms with Crippen LogP contribution in [-0.4, -0.2) is 5.38 Å². The molecule has 0 spiro atoms. The molecule has 0 bridgehead atoms. The molecule has 0 fully saturated rings. The summed E-state index contributed by atoms with van der Waals surface area (Å²) in [7, 11) is 0. The lowest BCUT2D eigenvalue weighted by Gasteiger charge is -2.01. The van der Waals surface area contributed by atoms with Gasteiger partial charge in [-0.1, -0.05) is 26.2 Å². The molecule has 54 valence electrons. The first kappa shape index (κ1) is 9.58. The van der Waals surface area contributed by atoms with E-state index in [-0.39, 0.29) is 5.38 Å². The molecule has 0 nitrogen and oxygen atoms in total. The van der Waals surface area contributed by atoms with E-state index in [9.17, 15) is 0 Å². The third kappa shape index (κ3) is 6.47. The Hall–Kier alpha value is 0.580. The average Bonchev–Trinajstić information content (AvgIpc) is 1.89. The van der Waals surface area contributed by atoms with Crippen LogP contribution in [0.25, 0.3) is 0 Å². The molecular weight excluding hydrogens is 155 g/mol. The minimum absolute atomic E-state index is 0.0400. The van der Waals surface area contributed by atoms with Crippen LogP contribution in [0.5, 0.6) is 0 Å². The van der Waals surface area contributed by atoms with Gasteiger partial charge in [0.25, 0.3) is 0 Å². The van der Waals surface area contributed by atoms with Crippen molar-refractivity contribution in [3.8, 4) is 0 Å². The quantitative estimate of drug-likeness (QED) is 0.434. The number of hydrogen-bond acceptors (Lipinski definition) is 0. The summed E-state index contributed by atoms with van der Waals surface area (Å²) in [6, 6.07) is 0. The van der Waals surface area contributed by atoms with Crippen molar-refractivity contribution in [3.05, 3.63) is 12.8 Å². The van der Waals surface area contributed by atoms with Crippen LogP contribution in [0.4, 0.5) is 0 Å². The van der Waals surface area contributed by atoms with Crippen LogP contribution in [0.1, 0.15) is 25.7 Å². The largest absolute Gasteiger partial charge is 0.121 e. The van der Waals surface area contributed by atoms with E-state index in [0.717, 1.165) is 25.7 Å². The van der Waals surface area contributed by atoms with Crippen molar-refractivity contribution in [1.82, 2.24) is 0 Å². The second-order valence-corrected chi connectivity index (χ2v) is 2.80. The molecule has 0 saturated heterocycles. The minimum atomic E-state index is 0.0400. The van der Waals surface area contributed by atoms with Gasteiger partial charge in [0.2, 0.25) is 0 Å². The zero-order chi connectivity index (χ0) is 7.11. The van der Waals surface area contributed by atoms with Crippen LogP contribution in [0.2, 0.25) is 0 Å². The van der Waals surface area contributed by atoms with Gasteiger partial charge in [-0.2, -0.15) is 0 Å². The molecule has 0 N–H and O–H groups in total. The lowest BCUT2D eigenvalue weighted by molar-refractivity contribution is 0.694. The highest BCUT2D eigenvalue weighted by atomic mass is 35.5. The number of hydrogen-bond donors (Lipinski definition) is 0. The normalized spacial score (nSPS) is 13.7. The van der Waals surface area contributed by atoms with E-state index in [2.05, 4.69) is 6.92 Å². The summed E-state index contributed by atoms with van der Waals surface area (Å²) < 4.78 is 0. The number of alkyl halides is 1. The Bertz CT molecular complexity index is 54.9. The number of unbranched alkanes of at least 4 members (excludes halogenated alkanes) is 2. The van der Waals surface area contributed by atoms with Crippen molar-refractivity contribution in [2.45, 2.75) is 31.1 Å². The van der Waals surface area contributed by atoms with Gasteiger partial charge in [-0.25, -0.2) is 0 Å². The number of halogens is 2. The standard InChI is InChI=1S/C7H12Cl2/c1-2-3-4-5-7(9)6-8/h6-7H,1-5H2. The zero-order valence-electron chi connectivity index (χ0n) is 5.45. The van der Waals surface area contributed by atoms with Gasteiger partial charge in [0.1, 0.15) is 0 Å². The van der Waals surface area contributed by atoms with Crippen molar-refractivity contribution in [2.75, 3.05) is 0 Å². The molecule has 0 aromatic rings. The maximum absolute atomic E-state index is 5.69. The fraction of sp³-hybridized carbons (Fsp3) is 0.714. The molecule has 0 aromatic carbocycles. The lowest BCUT2D eigenvalue weighted by Crippen LogP contribution is -1.93. The van der Waals surface area contributed by atoms with Gasteiger partial charge in [-0.3, -0.25) is 0 Å². The topological polar surface area (TPSA) is 0 Å². The van der Waals surface area contributed by atoms with E-state index in [4.69, 9.17) is 23.2 Å². The molecule has 0 aliphatic rings. The summed E-state index contributed by atoms with van der Waals surface area (Å²) in [6.45, 7) is 3.72.